The smallest absolute Gasteiger partial charge is 0.326 e. The molecule has 0 aliphatic carbocycles. The van der Waals surface area contributed by atoms with E-state index in [1.807, 2.05) is 29.6 Å². The van der Waals surface area contributed by atoms with Gasteiger partial charge in [0.15, 0.2) is 5.13 Å². The van der Waals surface area contributed by atoms with E-state index in [4.69, 9.17) is 5.73 Å². The monoisotopic (exact) mass is 383 g/mol. The first-order valence-electron chi connectivity index (χ1n) is 8.57. The lowest BCUT2D eigenvalue weighted by molar-refractivity contribution is -0.138. The zero-order valence-corrected chi connectivity index (χ0v) is 15.4. The Balaban J connectivity index is 1.65. The maximum absolute atomic E-state index is 11.6. The van der Waals surface area contributed by atoms with Crippen molar-refractivity contribution < 1.29 is 15.0 Å². The standard InChI is InChI=1S/C20H21N3O3S/c21-11-14-1-6-15(7-2-14)18-12-27-20(23-18)22-17(19(25)26)10-5-13-3-8-16(24)9-4-13/h1-4,6-9,12,17,24H,5,10-11,21H2,(H,22,23)(H,25,26). The van der Waals surface area contributed by atoms with Gasteiger partial charge in [0, 0.05) is 17.5 Å². The molecule has 0 saturated carbocycles. The Morgan fingerprint density at radius 1 is 1.11 bits per heavy atom. The van der Waals surface area contributed by atoms with E-state index in [1.165, 1.54) is 11.3 Å². The van der Waals surface area contributed by atoms with Crippen LogP contribution in [0.3, 0.4) is 0 Å². The lowest BCUT2D eigenvalue weighted by Gasteiger charge is -2.13. The molecule has 1 unspecified atom stereocenters. The predicted octanol–water partition coefficient (Wildman–Crippen LogP) is 3.47. The molecular formula is C20H21N3O3S. The van der Waals surface area contributed by atoms with Crippen molar-refractivity contribution in [3.63, 3.8) is 0 Å². The molecule has 3 rings (SSSR count). The van der Waals surface area contributed by atoms with Gasteiger partial charge in [0.1, 0.15) is 11.8 Å². The number of aromatic hydroxyl groups is 1. The number of hydrogen-bond acceptors (Lipinski definition) is 6. The largest absolute Gasteiger partial charge is 0.508 e. The van der Waals surface area contributed by atoms with E-state index < -0.39 is 12.0 Å². The summed E-state index contributed by atoms with van der Waals surface area (Å²) in [5, 5.41) is 24.3. The number of benzene rings is 2. The molecule has 0 spiro atoms. The number of thiazole rings is 1. The number of carbonyl (C=O) groups is 1. The summed E-state index contributed by atoms with van der Waals surface area (Å²) in [5.41, 5.74) is 9.40. The van der Waals surface area contributed by atoms with Crippen molar-refractivity contribution in [3.05, 3.63) is 65.0 Å². The van der Waals surface area contributed by atoms with E-state index in [-0.39, 0.29) is 5.75 Å². The maximum Gasteiger partial charge on any atom is 0.326 e. The number of phenols is 1. The molecule has 0 aliphatic heterocycles. The molecule has 3 aromatic rings. The first kappa shape index (κ1) is 18.9. The molecule has 1 heterocycles. The van der Waals surface area contributed by atoms with Crippen LogP contribution in [-0.4, -0.2) is 27.2 Å². The summed E-state index contributed by atoms with van der Waals surface area (Å²) < 4.78 is 0. The van der Waals surface area contributed by atoms with E-state index in [0.29, 0.717) is 24.5 Å². The first-order valence-corrected chi connectivity index (χ1v) is 9.45. The fourth-order valence-corrected chi connectivity index (χ4v) is 3.44. The molecule has 1 aromatic heterocycles. The molecule has 2 aromatic carbocycles. The van der Waals surface area contributed by atoms with Crippen molar-refractivity contribution >= 4 is 22.4 Å². The summed E-state index contributed by atoms with van der Waals surface area (Å²) in [6.07, 6.45) is 1.00. The summed E-state index contributed by atoms with van der Waals surface area (Å²) >= 11 is 1.38. The molecule has 5 N–H and O–H groups in total. The third-order valence-electron chi connectivity index (χ3n) is 4.24. The number of aryl methyl sites for hydroxylation is 1. The third-order valence-corrected chi connectivity index (χ3v) is 5.02. The minimum Gasteiger partial charge on any atom is -0.508 e. The molecule has 0 fully saturated rings. The van der Waals surface area contributed by atoms with Crippen LogP contribution in [-0.2, 0) is 17.8 Å². The first-order chi connectivity index (χ1) is 13.0. The molecule has 6 nitrogen and oxygen atoms in total. The van der Waals surface area contributed by atoms with Crippen LogP contribution < -0.4 is 11.1 Å². The molecule has 7 heteroatoms. The number of nitrogens with one attached hydrogen (secondary N) is 1. The van der Waals surface area contributed by atoms with E-state index in [2.05, 4.69) is 10.3 Å². The minimum absolute atomic E-state index is 0.196. The van der Waals surface area contributed by atoms with Gasteiger partial charge in [-0.2, -0.15) is 0 Å². The number of aromatic nitrogens is 1. The van der Waals surface area contributed by atoms with Gasteiger partial charge in [-0.3, -0.25) is 0 Å². The van der Waals surface area contributed by atoms with E-state index >= 15 is 0 Å². The van der Waals surface area contributed by atoms with Crippen LogP contribution >= 0.6 is 11.3 Å². The number of anilines is 1. The molecule has 27 heavy (non-hydrogen) atoms. The Morgan fingerprint density at radius 3 is 2.41 bits per heavy atom. The van der Waals surface area contributed by atoms with Gasteiger partial charge in [-0.05, 0) is 36.1 Å². The zero-order valence-electron chi connectivity index (χ0n) is 14.6. The van der Waals surface area contributed by atoms with E-state index in [9.17, 15) is 15.0 Å². The van der Waals surface area contributed by atoms with Gasteiger partial charge in [0.25, 0.3) is 0 Å². The number of carboxylic acid groups (broad SMARTS) is 1. The van der Waals surface area contributed by atoms with Gasteiger partial charge in [-0.25, -0.2) is 9.78 Å². The SMILES string of the molecule is NCc1ccc(-c2csc(NC(CCc3ccc(O)cc3)C(=O)O)n2)cc1. The van der Waals surface area contributed by atoms with Gasteiger partial charge in [0.05, 0.1) is 5.69 Å². The van der Waals surface area contributed by atoms with Crippen LogP contribution in [0, 0.1) is 0 Å². The number of carboxylic acids is 1. The van der Waals surface area contributed by atoms with Crippen molar-refractivity contribution in [2.75, 3.05) is 5.32 Å². The van der Waals surface area contributed by atoms with Crippen LogP contribution in [0.4, 0.5) is 5.13 Å². The van der Waals surface area contributed by atoms with E-state index in [1.54, 1.807) is 24.3 Å². The van der Waals surface area contributed by atoms with Gasteiger partial charge in [0.2, 0.25) is 0 Å². The van der Waals surface area contributed by atoms with Crippen LogP contribution in [0.25, 0.3) is 11.3 Å². The van der Waals surface area contributed by atoms with Crippen LogP contribution in [0.15, 0.2) is 53.9 Å². The normalized spacial score (nSPS) is 11.9. The number of aliphatic carboxylic acids is 1. The lowest BCUT2D eigenvalue weighted by Crippen LogP contribution is -2.29. The number of phenolic OH excluding ortho intramolecular Hbond substituents is 1. The van der Waals surface area contributed by atoms with Gasteiger partial charge >= 0.3 is 5.97 Å². The highest BCUT2D eigenvalue weighted by Gasteiger charge is 2.19. The van der Waals surface area contributed by atoms with Gasteiger partial charge in [-0.15, -0.1) is 11.3 Å². The Kier molecular flexibility index (Phi) is 6.05. The van der Waals surface area contributed by atoms with E-state index in [0.717, 1.165) is 22.4 Å². The second-order valence-corrected chi connectivity index (χ2v) is 7.04. The van der Waals surface area contributed by atoms with Crippen LogP contribution in [0.5, 0.6) is 5.75 Å². The van der Waals surface area contributed by atoms with Gasteiger partial charge < -0.3 is 21.3 Å². The number of rotatable bonds is 8. The molecule has 0 amide bonds. The molecule has 0 radical (unpaired) electrons. The van der Waals surface area contributed by atoms with Crippen molar-refractivity contribution in [3.8, 4) is 17.0 Å². The maximum atomic E-state index is 11.6. The predicted molar refractivity (Wildman–Crippen MR) is 107 cm³/mol. The average molecular weight is 383 g/mol. The molecule has 0 saturated heterocycles. The van der Waals surface area contributed by atoms with Crippen molar-refractivity contribution in [1.29, 1.82) is 0 Å². The molecule has 140 valence electrons. The zero-order chi connectivity index (χ0) is 19.2. The summed E-state index contributed by atoms with van der Waals surface area (Å²) in [7, 11) is 0. The number of nitrogens with two attached hydrogens (primary N) is 1. The Labute approximate surface area is 161 Å². The van der Waals surface area contributed by atoms with Crippen molar-refractivity contribution in [1.82, 2.24) is 4.98 Å². The summed E-state index contributed by atoms with van der Waals surface area (Å²) in [4.78, 5) is 16.1. The Bertz CT molecular complexity index is 892. The quantitative estimate of drug-likeness (QED) is 0.474. The van der Waals surface area contributed by atoms with Crippen LogP contribution in [0.1, 0.15) is 17.5 Å². The van der Waals surface area contributed by atoms with Crippen molar-refractivity contribution in [2.45, 2.75) is 25.4 Å². The molecule has 0 bridgehead atoms. The summed E-state index contributed by atoms with van der Waals surface area (Å²) in [6.45, 7) is 0.492. The van der Waals surface area contributed by atoms with Crippen LogP contribution in [0.2, 0.25) is 0 Å². The number of hydrogen-bond donors (Lipinski definition) is 4. The second-order valence-electron chi connectivity index (χ2n) is 6.18. The highest BCUT2D eigenvalue weighted by Crippen LogP contribution is 2.26. The molecular weight excluding hydrogens is 362 g/mol. The highest BCUT2D eigenvalue weighted by molar-refractivity contribution is 7.14. The number of nitrogens with zero attached hydrogens (tertiary/aromatic N) is 1. The molecule has 0 aliphatic rings. The fourth-order valence-electron chi connectivity index (χ4n) is 2.66. The topological polar surface area (TPSA) is 108 Å². The highest BCUT2D eigenvalue weighted by atomic mass is 32.1. The Morgan fingerprint density at radius 2 is 1.78 bits per heavy atom. The Hall–Kier alpha value is -2.90. The van der Waals surface area contributed by atoms with Gasteiger partial charge in [-0.1, -0.05) is 36.4 Å². The fraction of sp³-hybridized carbons (Fsp3) is 0.200. The third kappa shape index (κ3) is 5.06. The minimum atomic E-state index is -0.919. The summed E-state index contributed by atoms with van der Waals surface area (Å²) in [6, 6.07) is 13.9. The second kappa shape index (κ2) is 8.66. The summed E-state index contributed by atoms with van der Waals surface area (Å²) in [5.74, 6) is -0.723. The average Bonchev–Trinajstić information content (AvgIpc) is 3.15. The molecule has 1 atom stereocenters. The lowest BCUT2D eigenvalue weighted by atomic mass is 10.1. The van der Waals surface area contributed by atoms with Crippen molar-refractivity contribution in [2.24, 2.45) is 5.73 Å².